The minimum absolute atomic E-state index is 0.0436. The molecule has 0 unspecified atom stereocenters. The molecule has 0 bridgehead atoms. The molecule has 0 aliphatic carbocycles. The number of nitrogen functional groups attached to an aromatic ring is 1. The molecule has 1 heterocycles. The van der Waals surface area contributed by atoms with Gasteiger partial charge in [0.2, 0.25) is 5.82 Å². The summed E-state index contributed by atoms with van der Waals surface area (Å²) in [5.41, 5.74) is 2.61. The van der Waals surface area contributed by atoms with E-state index in [1.807, 2.05) is 0 Å². The molecule has 0 spiro atoms. The lowest BCUT2D eigenvalue weighted by molar-refractivity contribution is -0.144. The van der Waals surface area contributed by atoms with Crippen LogP contribution in [0.2, 0.25) is 0 Å². The van der Waals surface area contributed by atoms with Crippen molar-refractivity contribution in [3.63, 3.8) is 0 Å². The minimum Gasteiger partial charge on any atom is -0.338 e. The van der Waals surface area contributed by atoms with E-state index in [9.17, 15) is 13.2 Å². The first-order valence-corrected chi connectivity index (χ1v) is 7.04. The second-order valence-electron chi connectivity index (χ2n) is 3.83. The van der Waals surface area contributed by atoms with Crippen molar-refractivity contribution in [2.24, 2.45) is 5.84 Å². The number of halogens is 5. The van der Waals surface area contributed by atoms with Crippen molar-refractivity contribution in [3.8, 4) is 0 Å². The number of aromatic nitrogens is 2. The third-order valence-electron chi connectivity index (χ3n) is 2.34. The van der Waals surface area contributed by atoms with E-state index in [0.717, 1.165) is 0 Å². The summed E-state index contributed by atoms with van der Waals surface area (Å²) >= 11 is 6.60. The third kappa shape index (κ3) is 3.83. The summed E-state index contributed by atoms with van der Waals surface area (Å²) in [7, 11) is 0. The van der Waals surface area contributed by atoms with Crippen LogP contribution in [0, 0.1) is 0 Å². The van der Waals surface area contributed by atoms with Gasteiger partial charge in [0.15, 0.2) is 0 Å². The highest BCUT2D eigenvalue weighted by Gasteiger charge is 2.35. The average molecular weight is 427 g/mol. The number of benzene rings is 1. The van der Waals surface area contributed by atoms with Gasteiger partial charge in [0.1, 0.15) is 11.6 Å². The number of alkyl halides is 3. The van der Waals surface area contributed by atoms with Gasteiger partial charge in [0.05, 0.1) is 5.69 Å². The molecule has 2 rings (SSSR count). The number of nitrogens with two attached hydrogens (primary N) is 1. The van der Waals surface area contributed by atoms with Crippen LogP contribution >= 0.6 is 31.9 Å². The zero-order valence-electron chi connectivity index (χ0n) is 10.2. The van der Waals surface area contributed by atoms with Crippen LogP contribution in [0.1, 0.15) is 5.82 Å². The molecule has 4 N–H and O–H groups in total. The standard InChI is InChI=1S/C11H8Br2F3N5/c12-5-2-1-3-6(13)9(5)18-7-4-8(21-17)20-10(19-7)11(14,15)16/h1-4H,17H2,(H2,18,19,20,21). The number of hydrogen-bond acceptors (Lipinski definition) is 5. The Kier molecular flexibility index (Phi) is 4.69. The fourth-order valence-electron chi connectivity index (χ4n) is 1.46. The highest BCUT2D eigenvalue weighted by Crippen LogP contribution is 2.34. The molecule has 0 atom stereocenters. The predicted octanol–water partition coefficient (Wildman–Crippen LogP) is 4.05. The fourth-order valence-corrected chi connectivity index (χ4v) is 2.65. The summed E-state index contributed by atoms with van der Waals surface area (Å²) in [5.74, 6) is 3.65. The van der Waals surface area contributed by atoms with Gasteiger partial charge in [-0.15, -0.1) is 0 Å². The largest absolute Gasteiger partial charge is 0.451 e. The lowest BCUT2D eigenvalue weighted by Gasteiger charge is -2.13. The van der Waals surface area contributed by atoms with Crippen LogP contribution in [-0.4, -0.2) is 9.97 Å². The summed E-state index contributed by atoms with van der Waals surface area (Å²) < 4.78 is 39.5. The van der Waals surface area contributed by atoms with E-state index in [2.05, 4.69) is 52.6 Å². The lowest BCUT2D eigenvalue weighted by Crippen LogP contribution is -2.16. The van der Waals surface area contributed by atoms with Crippen LogP contribution in [-0.2, 0) is 6.18 Å². The molecular weight excluding hydrogens is 419 g/mol. The van der Waals surface area contributed by atoms with Crippen LogP contribution in [0.4, 0.5) is 30.5 Å². The maximum absolute atomic E-state index is 12.7. The van der Waals surface area contributed by atoms with E-state index in [1.165, 1.54) is 6.07 Å². The van der Waals surface area contributed by atoms with E-state index in [1.54, 1.807) is 18.2 Å². The summed E-state index contributed by atoms with van der Waals surface area (Å²) in [6, 6.07) is 6.51. The Labute approximate surface area is 134 Å². The predicted molar refractivity (Wildman–Crippen MR) is 80.0 cm³/mol. The van der Waals surface area contributed by atoms with E-state index in [-0.39, 0.29) is 11.6 Å². The molecule has 0 aliphatic heterocycles. The van der Waals surface area contributed by atoms with Crippen molar-refractivity contribution in [2.45, 2.75) is 6.18 Å². The Morgan fingerprint density at radius 2 is 1.62 bits per heavy atom. The minimum atomic E-state index is -4.67. The Morgan fingerprint density at radius 3 is 2.14 bits per heavy atom. The van der Waals surface area contributed by atoms with Crippen molar-refractivity contribution in [1.29, 1.82) is 0 Å². The van der Waals surface area contributed by atoms with Gasteiger partial charge in [-0.1, -0.05) is 6.07 Å². The maximum atomic E-state index is 12.7. The Hall–Kier alpha value is -1.39. The summed E-state index contributed by atoms with van der Waals surface area (Å²) in [4.78, 5) is 6.72. The van der Waals surface area contributed by atoms with Gasteiger partial charge in [-0.05, 0) is 44.0 Å². The molecule has 0 saturated carbocycles. The molecule has 1 aromatic carbocycles. The lowest BCUT2D eigenvalue weighted by atomic mass is 10.3. The third-order valence-corrected chi connectivity index (χ3v) is 3.67. The van der Waals surface area contributed by atoms with E-state index >= 15 is 0 Å². The number of nitrogens with zero attached hydrogens (tertiary/aromatic N) is 2. The summed E-state index contributed by atoms with van der Waals surface area (Å²) in [6.07, 6.45) is -4.67. The number of para-hydroxylation sites is 1. The number of rotatable bonds is 3. The van der Waals surface area contributed by atoms with Crippen LogP contribution in [0.3, 0.4) is 0 Å². The first-order chi connectivity index (χ1) is 9.81. The summed E-state index contributed by atoms with van der Waals surface area (Å²) in [6.45, 7) is 0. The van der Waals surface area contributed by atoms with Crippen LogP contribution in [0.15, 0.2) is 33.2 Å². The fraction of sp³-hybridized carbons (Fsp3) is 0.0909. The Balaban J connectivity index is 2.45. The van der Waals surface area contributed by atoms with E-state index in [0.29, 0.717) is 14.6 Å². The van der Waals surface area contributed by atoms with Crippen molar-refractivity contribution < 1.29 is 13.2 Å². The molecule has 2 aromatic rings. The van der Waals surface area contributed by atoms with Crippen molar-refractivity contribution in [2.75, 3.05) is 10.7 Å². The topological polar surface area (TPSA) is 75.9 Å². The molecule has 112 valence electrons. The average Bonchev–Trinajstić information content (AvgIpc) is 2.42. The highest BCUT2D eigenvalue weighted by molar-refractivity contribution is 9.11. The van der Waals surface area contributed by atoms with Gasteiger partial charge in [-0.2, -0.15) is 13.2 Å². The van der Waals surface area contributed by atoms with Gasteiger partial charge in [0.25, 0.3) is 0 Å². The van der Waals surface area contributed by atoms with Crippen molar-refractivity contribution >= 4 is 49.2 Å². The Morgan fingerprint density at radius 1 is 1.05 bits per heavy atom. The van der Waals surface area contributed by atoms with Crippen molar-refractivity contribution in [3.05, 3.63) is 39.0 Å². The molecule has 10 heteroatoms. The second-order valence-corrected chi connectivity index (χ2v) is 5.53. The van der Waals surface area contributed by atoms with E-state index < -0.39 is 12.0 Å². The van der Waals surface area contributed by atoms with Gasteiger partial charge < -0.3 is 10.7 Å². The monoisotopic (exact) mass is 425 g/mol. The molecule has 0 fully saturated rings. The molecule has 5 nitrogen and oxygen atoms in total. The van der Waals surface area contributed by atoms with Crippen LogP contribution < -0.4 is 16.6 Å². The van der Waals surface area contributed by atoms with Crippen LogP contribution in [0.5, 0.6) is 0 Å². The number of nitrogens with one attached hydrogen (secondary N) is 2. The number of anilines is 3. The van der Waals surface area contributed by atoms with Gasteiger partial charge in [0, 0.05) is 15.0 Å². The molecule has 0 radical (unpaired) electrons. The number of hydrazine groups is 1. The molecular formula is C11H8Br2F3N5. The van der Waals surface area contributed by atoms with Crippen LogP contribution in [0.25, 0.3) is 0 Å². The highest BCUT2D eigenvalue weighted by atomic mass is 79.9. The zero-order chi connectivity index (χ0) is 15.6. The molecule has 0 amide bonds. The first-order valence-electron chi connectivity index (χ1n) is 5.45. The normalized spacial score (nSPS) is 11.3. The molecule has 0 saturated heterocycles. The zero-order valence-corrected chi connectivity index (χ0v) is 13.3. The van der Waals surface area contributed by atoms with E-state index in [4.69, 9.17) is 5.84 Å². The van der Waals surface area contributed by atoms with Gasteiger partial charge in [-0.25, -0.2) is 15.8 Å². The maximum Gasteiger partial charge on any atom is 0.451 e. The first kappa shape index (κ1) is 16.0. The SMILES string of the molecule is NNc1cc(Nc2c(Br)cccc2Br)nc(C(F)(F)F)n1. The molecule has 21 heavy (non-hydrogen) atoms. The smallest absolute Gasteiger partial charge is 0.338 e. The quantitative estimate of drug-likeness (QED) is 0.510. The van der Waals surface area contributed by atoms with Gasteiger partial charge >= 0.3 is 6.18 Å². The summed E-state index contributed by atoms with van der Waals surface area (Å²) in [5, 5.41) is 2.79. The molecule has 1 aromatic heterocycles. The van der Waals surface area contributed by atoms with Gasteiger partial charge in [-0.3, -0.25) is 0 Å². The number of hydrogen-bond donors (Lipinski definition) is 3. The molecule has 0 aliphatic rings. The second kappa shape index (κ2) is 6.16. The Bertz CT molecular complexity index is 643. The van der Waals surface area contributed by atoms with Crippen molar-refractivity contribution in [1.82, 2.24) is 9.97 Å².